The van der Waals surface area contributed by atoms with E-state index in [4.69, 9.17) is 4.74 Å². The number of hydrogen-bond donors (Lipinski definition) is 1. The molecule has 1 saturated carbocycles. The van der Waals surface area contributed by atoms with Crippen molar-refractivity contribution in [2.75, 3.05) is 19.1 Å². The maximum atomic E-state index is 13.0. The molecular formula is C26H30N2O3S. The highest BCUT2D eigenvalue weighted by atomic mass is 32.2. The van der Waals surface area contributed by atoms with Crippen molar-refractivity contribution in [2.45, 2.75) is 44.0 Å². The molecule has 1 heterocycles. The Balaban J connectivity index is 1.53. The topological polar surface area (TPSA) is 58.6 Å². The second-order valence-corrected chi connectivity index (χ2v) is 9.86. The number of carbonyl (C=O) groups excluding carboxylic acids is 2. The standard InChI is InChI=1S/C26H30N2O3S/c1-16-6-5-7-21(17(16)2)27-25(29)19-10-13-23-22(15-19)28(3)26(30)24(32-23)14-18-8-11-20(31-4)12-9-18/h8-17,21H,5-7H2,1-4H3,(H,27,29)/b24-14-/t16-,17-,21+/m0/s1. The van der Waals surface area contributed by atoms with Crippen LogP contribution in [0.4, 0.5) is 5.69 Å². The van der Waals surface area contributed by atoms with E-state index in [1.54, 1.807) is 19.1 Å². The summed E-state index contributed by atoms with van der Waals surface area (Å²) in [4.78, 5) is 29.2. The number of carbonyl (C=O) groups is 2. The average Bonchev–Trinajstić information content (AvgIpc) is 2.80. The van der Waals surface area contributed by atoms with Crippen LogP contribution in [-0.2, 0) is 4.79 Å². The largest absolute Gasteiger partial charge is 0.497 e. The molecule has 0 spiro atoms. The molecule has 2 aliphatic rings. The van der Waals surface area contributed by atoms with Gasteiger partial charge < -0.3 is 15.0 Å². The number of ether oxygens (including phenoxy) is 1. The molecule has 3 atom stereocenters. The number of anilines is 1. The molecule has 0 radical (unpaired) electrons. The highest BCUT2D eigenvalue weighted by Gasteiger charge is 2.30. The van der Waals surface area contributed by atoms with Gasteiger partial charge in [0.15, 0.2) is 0 Å². The first-order valence-corrected chi connectivity index (χ1v) is 12.0. The summed E-state index contributed by atoms with van der Waals surface area (Å²) in [7, 11) is 3.39. The predicted molar refractivity (Wildman–Crippen MR) is 130 cm³/mol. The minimum absolute atomic E-state index is 0.0656. The molecule has 2 amide bonds. The van der Waals surface area contributed by atoms with Gasteiger partial charge in [-0.3, -0.25) is 9.59 Å². The van der Waals surface area contributed by atoms with E-state index in [1.807, 2.05) is 48.5 Å². The third-order valence-electron chi connectivity index (χ3n) is 6.75. The van der Waals surface area contributed by atoms with Gasteiger partial charge in [-0.25, -0.2) is 0 Å². The van der Waals surface area contributed by atoms with Crippen LogP contribution in [0.1, 0.15) is 49.0 Å². The molecule has 2 aromatic carbocycles. The lowest BCUT2D eigenvalue weighted by Gasteiger charge is -2.34. The number of benzene rings is 2. The molecule has 0 unspecified atom stereocenters. The fourth-order valence-corrected chi connectivity index (χ4v) is 5.52. The first-order valence-electron chi connectivity index (χ1n) is 11.1. The summed E-state index contributed by atoms with van der Waals surface area (Å²) in [6.45, 7) is 4.48. The summed E-state index contributed by atoms with van der Waals surface area (Å²) in [5.74, 6) is 1.72. The molecule has 5 nitrogen and oxygen atoms in total. The second-order valence-electron chi connectivity index (χ2n) is 8.78. The summed E-state index contributed by atoms with van der Waals surface area (Å²) in [6.07, 6.45) is 5.29. The van der Waals surface area contributed by atoms with Crippen molar-refractivity contribution in [3.63, 3.8) is 0 Å². The van der Waals surface area contributed by atoms with Crippen LogP contribution in [0.5, 0.6) is 5.75 Å². The molecule has 1 fully saturated rings. The zero-order valence-corrected chi connectivity index (χ0v) is 19.9. The molecule has 1 aliphatic carbocycles. The van der Waals surface area contributed by atoms with Crippen molar-refractivity contribution in [1.29, 1.82) is 0 Å². The Kier molecular flexibility index (Phi) is 6.60. The highest BCUT2D eigenvalue weighted by Crippen LogP contribution is 2.42. The number of likely N-dealkylation sites (N-methyl/N-ethyl adjacent to an activating group) is 1. The maximum Gasteiger partial charge on any atom is 0.264 e. The van der Waals surface area contributed by atoms with E-state index in [0.29, 0.717) is 22.3 Å². The first kappa shape index (κ1) is 22.5. The molecule has 2 aromatic rings. The fourth-order valence-electron chi connectivity index (χ4n) is 4.42. The molecule has 168 valence electrons. The van der Waals surface area contributed by atoms with Crippen LogP contribution in [-0.4, -0.2) is 32.0 Å². The van der Waals surface area contributed by atoms with E-state index < -0.39 is 0 Å². The lowest BCUT2D eigenvalue weighted by atomic mass is 9.78. The Morgan fingerprint density at radius 3 is 2.62 bits per heavy atom. The number of methoxy groups -OCH3 is 1. The van der Waals surface area contributed by atoms with Gasteiger partial charge in [-0.1, -0.05) is 50.6 Å². The third kappa shape index (κ3) is 4.56. The Labute approximate surface area is 194 Å². The number of amides is 2. The van der Waals surface area contributed by atoms with Crippen molar-refractivity contribution in [3.05, 3.63) is 58.5 Å². The van der Waals surface area contributed by atoms with Crippen LogP contribution in [0, 0.1) is 11.8 Å². The van der Waals surface area contributed by atoms with Crippen LogP contribution in [0.15, 0.2) is 52.3 Å². The molecule has 6 heteroatoms. The number of nitrogens with one attached hydrogen (secondary N) is 1. The quantitative estimate of drug-likeness (QED) is 0.637. The number of rotatable bonds is 4. The zero-order valence-electron chi connectivity index (χ0n) is 19.1. The molecule has 1 N–H and O–H groups in total. The van der Waals surface area contributed by atoms with Crippen LogP contribution < -0.4 is 15.0 Å². The number of thioether (sulfide) groups is 1. The van der Waals surface area contributed by atoms with E-state index in [0.717, 1.165) is 34.7 Å². The molecule has 1 aliphatic heterocycles. The predicted octanol–water partition coefficient (Wildman–Crippen LogP) is 5.36. The summed E-state index contributed by atoms with van der Waals surface area (Å²) >= 11 is 1.44. The Hall–Kier alpha value is -2.73. The van der Waals surface area contributed by atoms with Gasteiger partial charge in [0.2, 0.25) is 0 Å². The summed E-state index contributed by atoms with van der Waals surface area (Å²) in [5, 5.41) is 3.23. The normalized spacial score (nSPS) is 24.2. The van der Waals surface area contributed by atoms with Crippen LogP contribution in [0.3, 0.4) is 0 Å². The monoisotopic (exact) mass is 450 g/mol. The third-order valence-corrected chi connectivity index (χ3v) is 7.83. The molecule has 0 saturated heterocycles. The fraction of sp³-hybridized carbons (Fsp3) is 0.385. The van der Waals surface area contributed by atoms with E-state index in [9.17, 15) is 9.59 Å². The Bertz CT molecular complexity index is 1050. The van der Waals surface area contributed by atoms with Crippen LogP contribution in [0.25, 0.3) is 6.08 Å². The number of fused-ring (bicyclic) bond motifs is 1. The Morgan fingerprint density at radius 2 is 1.91 bits per heavy atom. The highest BCUT2D eigenvalue weighted by molar-refractivity contribution is 8.04. The van der Waals surface area contributed by atoms with Crippen molar-refractivity contribution in [2.24, 2.45) is 11.8 Å². The van der Waals surface area contributed by atoms with Gasteiger partial charge in [0, 0.05) is 23.5 Å². The van der Waals surface area contributed by atoms with Gasteiger partial charge in [0.25, 0.3) is 11.8 Å². The molecule has 4 rings (SSSR count). The second kappa shape index (κ2) is 9.41. The van der Waals surface area contributed by atoms with Crippen molar-refractivity contribution < 1.29 is 14.3 Å². The van der Waals surface area contributed by atoms with Gasteiger partial charge in [0.1, 0.15) is 5.75 Å². The number of nitrogens with zero attached hydrogens (tertiary/aromatic N) is 1. The molecular weight excluding hydrogens is 420 g/mol. The summed E-state index contributed by atoms with van der Waals surface area (Å²) in [6, 6.07) is 13.4. The lowest BCUT2D eigenvalue weighted by molar-refractivity contribution is -0.114. The van der Waals surface area contributed by atoms with Crippen LogP contribution >= 0.6 is 11.8 Å². The molecule has 0 aromatic heterocycles. The van der Waals surface area contributed by atoms with Crippen molar-refractivity contribution >= 4 is 35.3 Å². The summed E-state index contributed by atoms with van der Waals surface area (Å²) in [5.41, 5.74) is 2.30. The molecule has 32 heavy (non-hydrogen) atoms. The number of hydrogen-bond acceptors (Lipinski definition) is 4. The minimum Gasteiger partial charge on any atom is -0.497 e. The maximum absolute atomic E-state index is 13.0. The summed E-state index contributed by atoms with van der Waals surface area (Å²) < 4.78 is 5.20. The van der Waals surface area contributed by atoms with Crippen molar-refractivity contribution in [3.8, 4) is 5.75 Å². The molecule has 0 bridgehead atoms. The first-order chi connectivity index (χ1) is 15.4. The lowest BCUT2D eigenvalue weighted by Crippen LogP contribution is -2.43. The van der Waals surface area contributed by atoms with E-state index in [1.165, 1.54) is 18.2 Å². The average molecular weight is 451 g/mol. The Morgan fingerprint density at radius 1 is 1.16 bits per heavy atom. The van der Waals surface area contributed by atoms with Gasteiger partial charge in [-0.05, 0) is 60.2 Å². The zero-order chi connectivity index (χ0) is 22.8. The van der Waals surface area contributed by atoms with E-state index in [-0.39, 0.29) is 17.9 Å². The van der Waals surface area contributed by atoms with Crippen LogP contribution in [0.2, 0.25) is 0 Å². The van der Waals surface area contributed by atoms with E-state index >= 15 is 0 Å². The van der Waals surface area contributed by atoms with Gasteiger partial charge in [-0.15, -0.1) is 0 Å². The van der Waals surface area contributed by atoms with Gasteiger partial charge in [0.05, 0.1) is 17.7 Å². The van der Waals surface area contributed by atoms with Gasteiger partial charge >= 0.3 is 0 Å². The SMILES string of the molecule is COc1ccc(/C=C2\Sc3ccc(C(=O)N[C@@H]4CCC[C@H](C)[C@@H]4C)cc3N(C)C2=O)cc1. The minimum atomic E-state index is -0.0781. The van der Waals surface area contributed by atoms with Gasteiger partial charge in [-0.2, -0.15) is 0 Å². The van der Waals surface area contributed by atoms with Crippen molar-refractivity contribution in [1.82, 2.24) is 5.32 Å². The van der Waals surface area contributed by atoms with E-state index in [2.05, 4.69) is 19.2 Å². The smallest absolute Gasteiger partial charge is 0.264 e.